The van der Waals surface area contributed by atoms with Crippen LogP contribution in [0.2, 0.25) is 0 Å². The summed E-state index contributed by atoms with van der Waals surface area (Å²) in [5, 5.41) is 2.97. The largest absolute Gasteiger partial charge is 0.384 e. The minimum Gasteiger partial charge on any atom is -0.384 e. The van der Waals surface area contributed by atoms with Crippen LogP contribution in [0.3, 0.4) is 0 Å². The maximum absolute atomic E-state index is 13.5. The number of hydrogen-bond donors (Lipinski definition) is 1. The molecule has 2 nitrogen and oxygen atoms in total. The number of nitrogens with one attached hydrogen (secondary N) is 1. The van der Waals surface area contributed by atoms with Crippen LogP contribution in [0.5, 0.6) is 0 Å². The molecule has 0 aliphatic carbocycles. The van der Waals surface area contributed by atoms with E-state index in [1.165, 1.54) is 6.07 Å². The monoisotopic (exact) mass is 229 g/mol. The molecule has 0 aliphatic heterocycles. The molecule has 1 N–H and O–H groups in total. The molecule has 0 atom stereocenters. The lowest BCUT2D eigenvalue weighted by Crippen LogP contribution is -2.08. The standard InChI is InChI=1S/C11H16FNOS/c1-13-8-9-10(12)4-3-5-11(9)15-7-6-14-2/h3-5,13H,6-8H2,1-2H3. The van der Waals surface area contributed by atoms with Crippen molar-refractivity contribution in [3.05, 3.63) is 29.6 Å². The van der Waals surface area contributed by atoms with Crippen molar-refractivity contribution in [2.75, 3.05) is 26.5 Å². The highest BCUT2D eigenvalue weighted by atomic mass is 32.2. The van der Waals surface area contributed by atoms with Crippen molar-refractivity contribution in [2.45, 2.75) is 11.4 Å². The smallest absolute Gasteiger partial charge is 0.128 e. The van der Waals surface area contributed by atoms with Crippen LogP contribution in [0, 0.1) is 5.82 Å². The normalized spacial score (nSPS) is 10.6. The summed E-state index contributed by atoms with van der Waals surface area (Å²) in [5.74, 6) is 0.697. The first-order valence-electron chi connectivity index (χ1n) is 4.83. The highest BCUT2D eigenvalue weighted by Gasteiger charge is 2.07. The number of benzene rings is 1. The second-order valence-corrected chi connectivity index (χ2v) is 4.22. The van der Waals surface area contributed by atoms with Gasteiger partial charge in [-0.05, 0) is 19.2 Å². The van der Waals surface area contributed by atoms with Gasteiger partial charge in [0.15, 0.2) is 0 Å². The molecule has 0 radical (unpaired) electrons. The molecular weight excluding hydrogens is 213 g/mol. The van der Waals surface area contributed by atoms with E-state index in [4.69, 9.17) is 4.74 Å². The van der Waals surface area contributed by atoms with Crippen LogP contribution in [0.4, 0.5) is 4.39 Å². The van der Waals surface area contributed by atoms with E-state index in [0.29, 0.717) is 13.2 Å². The lowest BCUT2D eigenvalue weighted by molar-refractivity contribution is 0.218. The van der Waals surface area contributed by atoms with Gasteiger partial charge in [0, 0.05) is 29.9 Å². The number of rotatable bonds is 6. The Balaban J connectivity index is 2.71. The van der Waals surface area contributed by atoms with Crippen LogP contribution in [-0.2, 0) is 11.3 Å². The van der Waals surface area contributed by atoms with Crippen molar-refractivity contribution in [2.24, 2.45) is 0 Å². The molecule has 0 unspecified atom stereocenters. The van der Waals surface area contributed by atoms with Crippen molar-refractivity contribution < 1.29 is 9.13 Å². The topological polar surface area (TPSA) is 21.3 Å². The van der Waals surface area contributed by atoms with Gasteiger partial charge in [-0.25, -0.2) is 4.39 Å². The fourth-order valence-electron chi connectivity index (χ4n) is 1.26. The maximum Gasteiger partial charge on any atom is 0.128 e. The van der Waals surface area contributed by atoms with Crippen molar-refractivity contribution >= 4 is 11.8 Å². The first-order chi connectivity index (χ1) is 7.29. The van der Waals surface area contributed by atoms with E-state index in [1.54, 1.807) is 24.9 Å². The Morgan fingerprint density at radius 3 is 2.93 bits per heavy atom. The average Bonchev–Trinajstić information content (AvgIpc) is 2.23. The zero-order chi connectivity index (χ0) is 11.1. The SMILES string of the molecule is CNCc1c(F)cccc1SCCOC. The molecular formula is C11H16FNOS. The van der Waals surface area contributed by atoms with E-state index in [1.807, 2.05) is 13.1 Å². The van der Waals surface area contributed by atoms with Crippen molar-refractivity contribution in [1.82, 2.24) is 5.32 Å². The highest BCUT2D eigenvalue weighted by Crippen LogP contribution is 2.24. The molecule has 0 fully saturated rings. The molecule has 0 bridgehead atoms. The second kappa shape index (κ2) is 6.82. The predicted molar refractivity (Wildman–Crippen MR) is 61.8 cm³/mol. The van der Waals surface area contributed by atoms with Gasteiger partial charge >= 0.3 is 0 Å². The van der Waals surface area contributed by atoms with E-state index >= 15 is 0 Å². The molecule has 1 aromatic carbocycles. The van der Waals surface area contributed by atoms with E-state index in [9.17, 15) is 4.39 Å². The van der Waals surface area contributed by atoms with Gasteiger partial charge in [-0.3, -0.25) is 0 Å². The third-order valence-corrected chi connectivity index (χ3v) is 3.04. The minimum atomic E-state index is -0.147. The van der Waals surface area contributed by atoms with Gasteiger partial charge in [0.1, 0.15) is 5.82 Å². The molecule has 0 heterocycles. The molecule has 0 spiro atoms. The Bertz CT molecular complexity index is 307. The lowest BCUT2D eigenvalue weighted by atomic mass is 10.2. The van der Waals surface area contributed by atoms with Crippen LogP contribution in [0.15, 0.2) is 23.1 Å². The fraction of sp³-hybridized carbons (Fsp3) is 0.455. The third kappa shape index (κ3) is 3.81. The van der Waals surface area contributed by atoms with Gasteiger partial charge < -0.3 is 10.1 Å². The van der Waals surface area contributed by atoms with Gasteiger partial charge in [-0.15, -0.1) is 11.8 Å². The number of hydrogen-bond acceptors (Lipinski definition) is 3. The molecule has 0 aromatic heterocycles. The summed E-state index contributed by atoms with van der Waals surface area (Å²) in [7, 11) is 3.48. The van der Waals surface area contributed by atoms with E-state index < -0.39 is 0 Å². The Labute approximate surface area is 94.2 Å². The van der Waals surface area contributed by atoms with E-state index in [2.05, 4.69) is 5.32 Å². The zero-order valence-corrected chi connectivity index (χ0v) is 9.86. The fourth-order valence-corrected chi connectivity index (χ4v) is 2.25. The van der Waals surface area contributed by atoms with Crippen LogP contribution >= 0.6 is 11.8 Å². The Hall–Kier alpha value is -0.580. The number of halogens is 1. The lowest BCUT2D eigenvalue weighted by Gasteiger charge is -2.09. The van der Waals surface area contributed by atoms with E-state index in [0.717, 1.165) is 16.2 Å². The summed E-state index contributed by atoms with van der Waals surface area (Å²) in [4.78, 5) is 0.987. The summed E-state index contributed by atoms with van der Waals surface area (Å²) in [6, 6.07) is 5.17. The van der Waals surface area contributed by atoms with Gasteiger partial charge in [-0.1, -0.05) is 6.07 Å². The van der Waals surface area contributed by atoms with Crippen molar-refractivity contribution in [1.29, 1.82) is 0 Å². The first kappa shape index (κ1) is 12.5. The number of ether oxygens (including phenoxy) is 1. The molecule has 1 aromatic rings. The second-order valence-electron chi connectivity index (χ2n) is 3.09. The Morgan fingerprint density at radius 2 is 2.27 bits per heavy atom. The molecule has 84 valence electrons. The summed E-state index contributed by atoms with van der Waals surface area (Å²) in [6.07, 6.45) is 0. The van der Waals surface area contributed by atoms with Crippen LogP contribution in [-0.4, -0.2) is 26.5 Å². The molecule has 0 saturated heterocycles. The van der Waals surface area contributed by atoms with Crippen LogP contribution in [0.25, 0.3) is 0 Å². The summed E-state index contributed by atoms with van der Waals surface area (Å²) >= 11 is 1.62. The van der Waals surface area contributed by atoms with Gasteiger partial charge in [0.25, 0.3) is 0 Å². The van der Waals surface area contributed by atoms with Gasteiger partial charge in [0.2, 0.25) is 0 Å². The summed E-state index contributed by atoms with van der Waals surface area (Å²) in [6.45, 7) is 1.24. The quantitative estimate of drug-likeness (QED) is 0.597. The zero-order valence-electron chi connectivity index (χ0n) is 9.05. The number of methoxy groups -OCH3 is 1. The highest BCUT2D eigenvalue weighted by molar-refractivity contribution is 7.99. The predicted octanol–water partition coefficient (Wildman–Crippen LogP) is 2.28. The first-order valence-corrected chi connectivity index (χ1v) is 5.82. The minimum absolute atomic E-state index is 0.147. The van der Waals surface area contributed by atoms with Gasteiger partial charge in [0.05, 0.1) is 6.61 Å². The summed E-state index contributed by atoms with van der Waals surface area (Å²) < 4.78 is 18.4. The third-order valence-electron chi connectivity index (χ3n) is 1.97. The molecule has 0 saturated carbocycles. The van der Waals surface area contributed by atoms with Crippen LogP contribution in [0.1, 0.15) is 5.56 Å². The Morgan fingerprint density at radius 1 is 1.47 bits per heavy atom. The van der Waals surface area contributed by atoms with Crippen molar-refractivity contribution in [3.8, 4) is 0 Å². The molecule has 0 amide bonds. The molecule has 1 rings (SSSR count). The Kier molecular flexibility index (Phi) is 5.68. The maximum atomic E-state index is 13.5. The number of thioether (sulfide) groups is 1. The molecule has 4 heteroatoms. The molecule has 0 aliphatic rings. The van der Waals surface area contributed by atoms with Crippen LogP contribution < -0.4 is 5.32 Å². The molecule has 15 heavy (non-hydrogen) atoms. The average molecular weight is 229 g/mol. The van der Waals surface area contributed by atoms with Gasteiger partial charge in [-0.2, -0.15) is 0 Å². The summed E-state index contributed by atoms with van der Waals surface area (Å²) in [5.41, 5.74) is 0.737. The van der Waals surface area contributed by atoms with E-state index in [-0.39, 0.29) is 5.82 Å². The van der Waals surface area contributed by atoms with Crippen molar-refractivity contribution in [3.63, 3.8) is 0 Å².